The molecule has 38 heavy (non-hydrogen) atoms. The van der Waals surface area contributed by atoms with E-state index in [4.69, 9.17) is 37.4 Å². The van der Waals surface area contributed by atoms with Crippen LogP contribution in [0.15, 0.2) is 34.5 Å². The fourth-order valence-electron chi connectivity index (χ4n) is 3.15. The molecular formula is C23H25Cl2N5O8. The van der Waals surface area contributed by atoms with Gasteiger partial charge < -0.3 is 24.4 Å². The second-order valence-electron chi connectivity index (χ2n) is 7.60. The van der Waals surface area contributed by atoms with Gasteiger partial charge in [0.1, 0.15) is 30.3 Å². The minimum Gasteiger partial charge on any atom is -0.494 e. The molecule has 2 rings (SSSR count). The zero-order chi connectivity index (χ0) is 28.4. The first kappa shape index (κ1) is 30.3. The first-order valence-corrected chi connectivity index (χ1v) is 11.7. The van der Waals surface area contributed by atoms with Crippen LogP contribution >= 0.6 is 23.2 Å². The van der Waals surface area contributed by atoms with Crippen molar-refractivity contribution in [3.63, 3.8) is 0 Å². The Kier molecular flexibility index (Phi) is 11.2. The van der Waals surface area contributed by atoms with E-state index in [2.05, 4.69) is 15.5 Å². The number of amides is 1. The standard InChI is InChI=1S/C23H25Cl2N5O8/c1-13(31)26-19-11-21(29(5-7-37-14(2)32)6-8-38-15(3)33)22(36-4)12-20(19)27-28-23-17(24)9-16(30(34)35)10-18(23)25/h9-12H,5-8H2,1-4H3,(H,26,31). The fourth-order valence-corrected chi connectivity index (χ4v) is 3.70. The van der Waals surface area contributed by atoms with Gasteiger partial charge in [0.15, 0.2) is 0 Å². The number of nitrogens with zero attached hydrogens (tertiary/aromatic N) is 4. The van der Waals surface area contributed by atoms with Crippen LogP contribution in [0.4, 0.5) is 28.4 Å². The van der Waals surface area contributed by atoms with Gasteiger partial charge in [0.2, 0.25) is 5.91 Å². The number of nitro benzene ring substituents is 1. The Bertz CT molecular complexity index is 1210. The van der Waals surface area contributed by atoms with Crippen LogP contribution in [0.3, 0.4) is 0 Å². The molecule has 0 fully saturated rings. The number of ether oxygens (including phenoxy) is 3. The van der Waals surface area contributed by atoms with Crippen LogP contribution in [0.1, 0.15) is 20.8 Å². The van der Waals surface area contributed by atoms with Crippen molar-refractivity contribution in [2.45, 2.75) is 20.8 Å². The number of nitro groups is 1. The van der Waals surface area contributed by atoms with Crippen molar-refractivity contribution in [2.24, 2.45) is 10.2 Å². The number of rotatable bonds is 12. The van der Waals surface area contributed by atoms with Crippen molar-refractivity contribution in [3.8, 4) is 5.75 Å². The van der Waals surface area contributed by atoms with E-state index >= 15 is 0 Å². The van der Waals surface area contributed by atoms with Crippen LogP contribution in [0, 0.1) is 10.1 Å². The average Bonchev–Trinajstić information content (AvgIpc) is 2.82. The quantitative estimate of drug-likeness (QED) is 0.156. The van der Waals surface area contributed by atoms with Gasteiger partial charge in [0.25, 0.3) is 5.69 Å². The predicted octanol–water partition coefficient (Wildman–Crippen LogP) is 5.22. The largest absolute Gasteiger partial charge is 0.494 e. The average molecular weight is 570 g/mol. The molecule has 0 saturated carbocycles. The molecule has 2 aromatic carbocycles. The summed E-state index contributed by atoms with van der Waals surface area (Å²) in [5, 5.41) is 21.7. The molecule has 0 unspecified atom stereocenters. The van der Waals surface area contributed by atoms with Crippen molar-refractivity contribution in [1.29, 1.82) is 0 Å². The maximum atomic E-state index is 11.9. The molecule has 1 N–H and O–H groups in total. The number of benzene rings is 2. The molecule has 0 aliphatic rings. The number of methoxy groups -OCH3 is 1. The van der Waals surface area contributed by atoms with Gasteiger partial charge in [0, 0.05) is 39.0 Å². The number of carbonyl (C=O) groups is 3. The molecule has 0 aliphatic heterocycles. The third-order valence-corrected chi connectivity index (χ3v) is 5.33. The maximum Gasteiger partial charge on any atom is 0.302 e. The molecule has 0 atom stereocenters. The van der Waals surface area contributed by atoms with Gasteiger partial charge in [-0.3, -0.25) is 24.5 Å². The van der Waals surface area contributed by atoms with E-state index < -0.39 is 22.8 Å². The molecule has 15 heteroatoms. The Morgan fingerprint density at radius 1 is 0.974 bits per heavy atom. The van der Waals surface area contributed by atoms with Crippen LogP contribution in [0.25, 0.3) is 0 Å². The van der Waals surface area contributed by atoms with Crippen LogP contribution in [0.5, 0.6) is 5.75 Å². The van der Waals surface area contributed by atoms with Crippen LogP contribution in [-0.4, -0.2) is 56.2 Å². The van der Waals surface area contributed by atoms with E-state index in [1.807, 2.05) is 0 Å². The molecule has 204 valence electrons. The number of nitrogens with one attached hydrogen (secondary N) is 1. The lowest BCUT2D eigenvalue weighted by molar-refractivity contribution is -0.384. The molecule has 0 heterocycles. The Morgan fingerprint density at radius 2 is 1.53 bits per heavy atom. The second-order valence-corrected chi connectivity index (χ2v) is 8.42. The number of hydrogen-bond acceptors (Lipinski definition) is 11. The van der Waals surface area contributed by atoms with Crippen LogP contribution < -0.4 is 15.0 Å². The Hall–Kier alpha value is -3.97. The van der Waals surface area contributed by atoms with Gasteiger partial charge >= 0.3 is 11.9 Å². The van der Waals surface area contributed by atoms with E-state index in [1.54, 1.807) is 11.0 Å². The summed E-state index contributed by atoms with van der Waals surface area (Å²) >= 11 is 12.2. The SMILES string of the molecule is COc1cc(N=Nc2c(Cl)cc([N+](=O)[O-])cc2Cl)c(NC(C)=O)cc1N(CCOC(C)=O)CCOC(C)=O. The fraction of sp³-hybridized carbons (Fsp3) is 0.348. The van der Waals surface area contributed by atoms with Crippen molar-refractivity contribution in [3.05, 3.63) is 44.4 Å². The third kappa shape index (κ3) is 8.85. The van der Waals surface area contributed by atoms with Crippen molar-refractivity contribution >= 4 is 69.5 Å². The van der Waals surface area contributed by atoms with E-state index in [1.165, 1.54) is 33.9 Å². The zero-order valence-electron chi connectivity index (χ0n) is 20.9. The highest BCUT2D eigenvalue weighted by atomic mass is 35.5. The Labute approximate surface area is 227 Å². The Morgan fingerprint density at radius 3 is 1.97 bits per heavy atom. The molecule has 0 aliphatic carbocycles. The van der Waals surface area contributed by atoms with Crippen LogP contribution in [0.2, 0.25) is 10.0 Å². The van der Waals surface area contributed by atoms with Gasteiger partial charge in [-0.15, -0.1) is 10.2 Å². The summed E-state index contributed by atoms with van der Waals surface area (Å²) in [6, 6.07) is 5.23. The van der Waals surface area contributed by atoms with Gasteiger partial charge in [-0.25, -0.2) is 0 Å². The molecule has 13 nitrogen and oxygen atoms in total. The number of carbonyl (C=O) groups excluding carboxylic acids is 3. The summed E-state index contributed by atoms with van der Waals surface area (Å²) < 4.78 is 15.6. The van der Waals surface area contributed by atoms with Gasteiger partial charge in [-0.05, 0) is 6.07 Å². The zero-order valence-corrected chi connectivity index (χ0v) is 22.5. The van der Waals surface area contributed by atoms with Gasteiger partial charge in [-0.1, -0.05) is 23.2 Å². The van der Waals surface area contributed by atoms with E-state index in [-0.39, 0.29) is 59.1 Å². The van der Waals surface area contributed by atoms with Crippen molar-refractivity contribution in [2.75, 3.05) is 43.6 Å². The molecular weight excluding hydrogens is 545 g/mol. The summed E-state index contributed by atoms with van der Waals surface area (Å²) in [5.41, 5.74) is 0.537. The number of anilines is 2. The molecule has 0 saturated heterocycles. The number of halogens is 2. The molecule has 0 bridgehead atoms. The monoisotopic (exact) mass is 569 g/mol. The second kappa shape index (κ2) is 14.1. The molecule has 0 spiro atoms. The van der Waals surface area contributed by atoms with Crippen molar-refractivity contribution < 1.29 is 33.5 Å². The number of non-ortho nitro benzene ring substituents is 1. The molecule has 1 amide bonds. The summed E-state index contributed by atoms with van der Waals surface area (Å²) in [6.45, 7) is 4.36. The smallest absolute Gasteiger partial charge is 0.302 e. The summed E-state index contributed by atoms with van der Waals surface area (Å²) in [6.07, 6.45) is 0. The Balaban J connectivity index is 2.53. The number of azo groups is 1. The highest BCUT2D eigenvalue weighted by Gasteiger charge is 2.19. The third-order valence-electron chi connectivity index (χ3n) is 4.75. The topological polar surface area (TPSA) is 162 Å². The minimum absolute atomic E-state index is 0.0138. The van der Waals surface area contributed by atoms with Crippen molar-refractivity contribution in [1.82, 2.24) is 0 Å². The van der Waals surface area contributed by atoms with Gasteiger partial charge in [0.05, 0.1) is 46.5 Å². The molecule has 0 aromatic heterocycles. The summed E-state index contributed by atoms with van der Waals surface area (Å²) in [5.74, 6) is -1.03. The summed E-state index contributed by atoms with van der Waals surface area (Å²) in [4.78, 5) is 46.5. The van der Waals surface area contributed by atoms with Gasteiger partial charge in [-0.2, -0.15) is 0 Å². The molecule has 2 aromatic rings. The first-order chi connectivity index (χ1) is 17.9. The summed E-state index contributed by atoms with van der Waals surface area (Å²) in [7, 11) is 1.41. The number of hydrogen-bond donors (Lipinski definition) is 1. The lowest BCUT2D eigenvalue weighted by Crippen LogP contribution is -2.32. The van der Waals surface area contributed by atoms with E-state index in [0.29, 0.717) is 11.4 Å². The lowest BCUT2D eigenvalue weighted by Gasteiger charge is -2.27. The van der Waals surface area contributed by atoms with E-state index in [0.717, 1.165) is 12.1 Å². The minimum atomic E-state index is -0.647. The van der Waals surface area contributed by atoms with Crippen LogP contribution in [-0.2, 0) is 23.9 Å². The highest BCUT2D eigenvalue weighted by molar-refractivity contribution is 6.39. The normalized spacial score (nSPS) is 10.7. The highest BCUT2D eigenvalue weighted by Crippen LogP contribution is 2.42. The van der Waals surface area contributed by atoms with E-state index in [9.17, 15) is 24.5 Å². The maximum absolute atomic E-state index is 11.9. The first-order valence-electron chi connectivity index (χ1n) is 11.0. The predicted molar refractivity (Wildman–Crippen MR) is 140 cm³/mol. The number of esters is 2. The lowest BCUT2D eigenvalue weighted by atomic mass is 10.2. The molecule has 0 radical (unpaired) electrons.